The van der Waals surface area contributed by atoms with Gasteiger partial charge < -0.3 is 4.57 Å². The fourth-order valence-corrected chi connectivity index (χ4v) is 4.80. The van der Waals surface area contributed by atoms with Gasteiger partial charge in [-0.1, -0.05) is 19.3 Å². The quantitative estimate of drug-likeness (QED) is 0.821. The molecule has 130 valence electrons. The molecule has 1 aliphatic heterocycles. The Morgan fingerprint density at radius 1 is 1.13 bits per heavy atom. The van der Waals surface area contributed by atoms with Crippen LogP contribution in [0, 0.1) is 0 Å². The standard InChI is InChI=1S/C16H28N4O2S/c1-2-23(21,22)19-10-8-18(9-11-19)13-16-12-17-14-20(16)15-6-4-3-5-7-15/h12,14-15H,2-11,13H2,1H3. The van der Waals surface area contributed by atoms with E-state index in [1.54, 1.807) is 11.2 Å². The van der Waals surface area contributed by atoms with Crippen molar-refractivity contribution >= 4 is 10.0 Å². The van der Waals surface area contributed by atoms with E-state index in [4.69, 9.17) is 0 Å². The van der Waals surface area contributed by atoms with E-state index in [0.717, 1.165) is 19.6 Å². The molecule has 1 aromatic rings. The van der Waals surface area contributed by atoms with Crippen LogP contribution in [0.5, 0.6) is 0 Å². The maximum atomic E-state index is 11.9. The first-order valence-corrected chi connectivity index (χ1v) is 10.4. The van der Waals surface area contributed by atoms with Crippen LogP contribution in [0.2, 0.25) is 0 Å². The van der Waals surface area contributed by atoms with Gasteiger partial charge in [-0.05, 0) is 19.8 Å². The molecule has 0 radical (unpaired) electrons. The molecule has 1 saturated heterocycles. The van der Waals surface area contributed by atoms with Crippen molar-refractivity contribution in [1.82, 2.24) is 18.8 Å². The molecule has 0 atom stereocenters. The summed E-state index contributed by atoms with van der Waals surface area (Å²) in [5, 5.41) is 0. The maximum Gasteiger partial charge on any atom is 0.213 e. The van der Waals surface area contributed by atoms with E-state index >= 15 is 0 Å². The van der Waals surface area contributed by atoms with Crippen LogP contribution in [-0.2, 0) is 16.6 Å². The van der Waals surface area contributed by atoms with Gasteiger partial charge in [-0.25, -0.2) is 13.4 Å². The number of imidazole rings is 1. The molecule has 2 fully saturated rings. The Labute approximate surface area is 139 Å². The highest BCUT2D eigenvalue weighted by atomic mass is 32.2. The molecule has 0 spiro atoms. The Bertz CT molecular complexity index is 599. The summed E-state index contributed by atoms with van der Waals surface area (Å²) >= 11 is 0. The topological polar surface area (TPSA) is 58.4 Å². The third-order valence-corrected chi connectivity index (χ3v) is 7.07. The van der Waals surface area contributed by atoms with Gasteiger partial charge in [-0.3, -0.25) is 4.90 Å². The molecule has 23 heavy (non-hydrogen) atoms. The Morgan fingerprint density at radius 2 is 1.83 bits per heavy atom. The van der Waals surface area contributed by atoms with Gasteiger partial charge in [0.05, 0.1) is 17.8 Å². The van der Waals surface area contributed by atoms with Crippen LogP contribution in [-0.4, -0.2) is 59.1 Å². The van der Waals surface area contributed by atoms with Crippen molar-refractivity contribution in [3.8, 4) is 0 Å². The van der Waals surface area contributed by atoms with Gasteiger partial charge in [0.15, 0.2) is 0 Å². The van der Waals surface area contributed by atoms with Crippen molar-refractivity contribution < 1.29 is 8.42 Å². The number of rotatable bonds is 5. The van der Waals surface area contributed by atoms with Crippen LogP contribution in [0.3, 0.4) is 0 Å². The normalized spacial score (nSPS) is 22.5. The first kappa shape index (κ1) is 16.9. The zero-order chi connectivity index (χ0) is 16.3. The second kappa shape index (κ2) is 7.32. The lowest BCUT2D eigenvalue weighted by Gasteiger charge is -2.34. The summed E-state index contributed by atoms with van der Waals surface area (Å²) in [6, 6.07) is 0.600. The van der Waals surface area contributed by atoms with Gasteiger partial charge in [-0.15, -0.1) is 0 Å². The van der Waals surface area contributed by atoms with E-state index in [2.05, 4.69) is 14.5 Å². The van der Waals surface area contributed by atoms with E-state index < -0.39 is 10.0 Å². The summed E-state index contributed by atoms with van der Waals surface area (Å²) < 4.78 is 27.8. The molecule has 0 aromatic carbocycles. The second-order valence-electron chi connectivity index (χ2n) is 6.66. The Morgan fingerprint density at radius 3 is 2.48 bits per heavy atom. The third-order valence-electron chi connectivity index (χ3n) is 5.19. The minimum absolute atomic E-state index is 0.196. The van der Waals surface area contributed by atoms with E-state index in [-0.39, 0.29) is 5.75 Å². The lowest BCUT2D eigenvalue weighted by atomic mass is 9.95. The highest BCUT2D eigenvalue weighted by molar-refractivity contribution is 7.89. The van der Waals surface area contributed by atoms with Crippen molar-refractivity contribution in [2.24, 2.45) is 0 Å². The highest BCUT2D eigenvalue weighted by Crippen LogP contribution is 2.29. The van der Waals surface area contributed by atoms with Crippen LogP contribution >= 0.6 is 0 Å². The van der Waals surface area contributed by atoms with Crippen molar-refractivity contribution in [3.63, 3.8) is 0 Å². The Balaban J connectivity index is 1.58. The molecule has 2 aliphatic rings. The summed E-state index contributed by atoms with van der Waals surface area (Å²) in [6.45, 7) is 5.40. The lowest BCUT2D eigenvalue weighted by molar-refractivity contribution is 0.176. The van der Waals surface area contributed by atoms with Crippen LogP contribution in [0.15, 0.2) is 12.5 Å². The number of sulfonamides is 1. The molecule has 0 unspecified atom stereocenters. The molecule has 6 nitrogen and oxygen atoms in total. The fourth-order valence-electron chi connectivity index (χ4n) is 3.72. The number of piperazine rings is 1. The molecule has 1 aliphatic carbocycles. The molecule has 0 N–H and O–H groups in total. The maximum absolute atomic E-state index is 11.9. The van der Waals surface area contributed by atoms with Crippen LogP contribution < -0.4 is 0 Å². The van der Waals surface area contributed by atoms with Gasteiger partial charge in [0.2, 0.25) is 10.0 Å². The zero-order valence-electron chi connectivity index (χ0n) is 14.0. The molecule has 0 amide bonds. The molecule has 1 aromatic heterocycles. The second-order valence-corrected chi connectivity index (χ2v) is 8.92. The van der Waals surface area contributed by atoms with E-state index in [9.17, 15) is 8.42 Å². The van der Waals surface area contributed by atoms with Crippen LogP contribution in [0.1, 0.15) is 50.8 Å². The van der Waals surface area contributed by atoms with Gasteiger partial charge in [0.1, 0.15) is 0 Å². The monoisotopic (exact) mass is 340 g/mol. The highest BCUT2D eigenvalue weighted by Gasteiger charge is 2.26. The summed E-state index contributed by atoms with van der Waals surface area (Å²) in [5.41, 5.74) is 1.27. The average Bonchev–Trinajstić information content (AvgIpc) is 3.04. The third kappa shape index (κ3) is 3.95. The molecule has 7 heteroatoms. The zero-order valence-corrected chi connectivity index (χ0v) is 14.8. The summed E-state index contributed by atoms with van der Waals surface area (Å²) in [4.78, 5) is 6.71. The van der Waals surface area contributed by atoms with Crippen molar-refractivity contribution in [2.45, 2.75) is 51.6 Å². The Kier molecular flexibility index (Phi) is 5.38. The van der Waals surface area contributed by atoms with E-state index in [1.165, 1.54) is 37.8 Å². The predicted molar refractivity (Wildman–Crippen MR) is 90.7 cm³/mol. The predicted octanol–water partition coefficient (Wildman–Crippen LogP) is 1.86. The number of aromatic nitrogens is 2. The SMILES string of the molecule is CCS(=O)(=O)N1CCN(Cc2cncn2C2CCCCC2)CC1. The summed E-state index contributed by atoms with van der Waals surface area (Å²) in [7, 11) is -3.04. The first-order chi connectivity index (χ1) is 11.1. The van der Waals surface area contributed by atoms with E-state index in [0.29, 0.717) is 19.1 Å². The van der Waals surface area contributed by atoms with Crippen LogP contribution in [0.4, 0.5) is 0 Å². The van der Waals surface area contributed by atoms with Crippen molar-refractivity contribution in [2.75, 3.05) is 31.9 Å². The molecule has 2 heterocycles. The number of hydrogen-bond donors (Lipinski definition) is 0. The molecule has 0 bridgehead atoms. The largest absolute Gasteiger partial charge is 0.330 e. The minimum atomic E-state index is -3.04. The van der Waals surface area contributed by atoms with Crippen molar-refractivity contribution in [1.29, 1.82) is 0 Å². The van der Waals surface area contributed by atoms with Gasteiger partial charge in [0.25, 0.3) is 0 Å². The van der Waals surface area contributed by atoms with Gasteiger partial charge in [0, 0.05) is 45.0 Å². The van der Waals surface area contributed by atoms with Crippen molar-refractivity contribution in [3.05, 3.63) is 18.2 Å². The minimum Gasteiger partial charge on any atom is -0.330 e. The van der Waals surface area contributed by atoms with Crippen LogP contribution in [0.25, 0.3) is 0 Å². The van der Waals surface area contributed by atoms with E-state index in [1.807, 2.05) is 12.5 Å². The first-order valence-electron chi connectivity index (χ1n) is 8.81. The number of nitrogens with zero attached hydrogens (tertiary/aromatic N) is 4. The summed E-state index contributed by atoms with van der Waals surface area (Å²) in [6.07, 6.45) is 10.4. The summed E-state index contributed by atoms with van der Waals surface area (Å²) in [5.74, 6) is 0.196. The molecule has 1 saturated carbocycles. The fraction of sp³-hybridized carbons (Fsp3) is 0.812. The lowest BCUT2D eigenvalue weighted by Crippen LogP contribution is -2.48. The van der Waals surface area contributed by atoms with Gasteiger partial charge >= 0.3 is 0 Å². The molecule has 3 rings (SSSR count). The Hall–Kier alpha value is -0.920. The molecular formula is C16H28N4O2S. The van der Waals surface area contributed by atoms with Gasteiger partial charge in [-0.2, -0.15) is 4.31 Å². The number of hydrogen-bond acceptors (Lipinski definition) is 4. The smallest absolute Gasteiger partial charge is 0.213 e. The molecular weight excluding hydrogens is 312 g/mol. The average molecular weight is 340 g/mol.